The lowest BCUT2D eigenvalue weighted by molar-refractivity contribution is 0.626. The van der Waals surface area contributed by atoms with E-state index in [1.807, 2.05) is 32.0 Å². The zero-order chi connectivity index (χ0) is 14.0. The van der Waals surface area contributed by atoms with E-state index >= 15 is 0 Å². The molecule has 0 aliphatic carbocycles. The summed E-state index contributed by atoms with van der Waals surface area (Å²) < 4.78 is 13.8. The van der Waals surface area contributed by atoms with Gasteiger partial charge in [-0.2, -0.15) is 0 Å². The summed E-state index contributed by atoms with van der Waals surface area (Å²) in [7, 11) is 0. The maximum atomic E-state index is 13.8. The number of aryl methyl sites for hydroxylation is 1. The predicted molar refractivity (Wildman–Crippen MR) is 81.5 cm³/mol. The molecule has 0 amide bonds. The van der Waals surface area contributed by atoms with Crippen LogP contribution in [0.1, 0.15) is 16.7 Å². The third kappa shape index (κ3) is 2.74. The van der Waals surface area contributed by atoms with Gasteiger partial charge in [0.25, 0.3) is 0 Å². The van der Waals surface area contributed by atoms with E-state index in [4.69, 9.17) is 18.0 Å². The van der Waals surface area contributed by atoms with Crippen LogP contribution in [0, 0.1) is 19.7 Å². The first-order valence-electron chi connectivity index (χ1n) is 5.92. The van der Waals surface area contributed by atoms with Crippen LogP contribution in [-0.4, -0.2) is 4.99 Å². The molecule has 0 saturated heterocycles. The molecule has 0 saturated carbocycles. The Balaban J connectivity index is 2.47. The van der Waals surface area contributed by atoms with Crippen molar-refractivity contribution in [3.05, 3.63) is 58.9 Å². The molecular formula is C15H15FN2S. The second kappa shape index (κ2) is 5.36. The van der Waals surface area contributed by atoms with E-state index in [0.717, 1.165) is 11.3 Å². The van der Waals surface area contributed by atoms with E-state index in [-0.39, 0.29) is 10.6 Å². The van der Waals surface area contributed by atoms with Crippen LogP contribution in [0.2, 0.25) is 0 Å². The number of halogens is 1. The van der Waals surface area contributed by atoms with E-state index in [1.54, 1.807) is 12.1 Å². The van der Waals surface area contributed by atoms with E-state index in [1.165, 1.54) is 11.6 Å². The van der Waals surface area contributed by atoms with Gasteiger partial charge in [0.15, 0.2) is 0 Å². The second-order valence-electron chi connectivity index (χ2n) is 4.40. The van der Waals surface area contributed by atoms with Gasteiger partial charge in [-0.25, -0.2) is 4.39 Å². The van der Waals surface area contributed by atoms with Crippen LogP contribution in [0.3, 0.4) is 0 Å². The van der Waals surface area contributed by atoms with Gasteiger partial charge in [0.1, 0.15) is 10.8 Å². The Hall–Kier alpha value is -1.94. The van der Waals surface area contributed by atoms with E-state index in [9.17, 15) is 4.39 Å². The lowest BCUT2D eigenvalue weighted by atomic mass is 10.1. The van der Waals surface area contributed by atoms with Gasteiger partial charge in [-0.1, -0.05) is 30.4 Å². The molecule has 2 nitrogen and oxygen atoms in total. The second-order valence-corrected chi connectivity index (χ2v) is 4.84. The third-order valence-corrected chi connectivity index (χ3v) is 3.34. The first-order valence-corrected chi connectivity index (χ1v) is 6.33. The van der Waals surface area contributed by atoms with Gasteiger partial charge in [-0.3, -0.25) is 0 Å². The van der Waals surface area contributed by atoms with Crippen LogP contribution >= 0.6 is 12.2 Å². The minimum atomic E-state index is -0.414. The molecule has 0 fully saturated rings. The van der Waals surface area contributed by atoms with Gasteiger partial charge in [0, 0.05) is 5.69 Å². The summed E-state index contributed by atoms with van der Waals surface area (Å²) in [5.41, 5.74) is 9.62. The molecule has 2 aromatic carbocycles. The Kier molecular flexibility index (Phi) is 3.81. The summed E-state index contributed by atoms with van der Waals surface area (Å²) in [4.78, 5) is 0.0471. The molecule has 0 aliphatic heterocycles. The van der Waals surface area contributed by atoms with Crippen molar-refractivity contribution < 1.29 is 4.39 Å². The minimum absolute atomic E-state index is 0.0471. The summed E-state index contributed by atoms with van der Waals surface area (Å²) in [5.74, 6) is -0.414. The highest BCUT2D eigenvalue weighted by Crippen LogP contribution is 2.26. The maximum Gasteiger partial charge on any atom is 0.135 e. The number of hydrogen-bond acceptors (Lipinski definition) is 2. The number of nitrogens with two attached hydrogens (primary N) is 1. The molecule has 2 rings (SSSR count). The Labute approximate surface area is 117 Å². The summed E-state index contributed by atoms with van der Waals surface area (Å²) in [5, 5.41) is 3.20. The lowest BCUT2D eigenvalue weighted by Crippen LogP contribution is -2.14. The topological polar surface area (TPSA) is 38.0 Å². The average Bonchev–Trinajstić information content (AvgIpc) is 2.34. The van der Waals surface area contributed by atoms with Crippen LogP contribution < -0.4 is 11.1 Å². The van der Waals surface area contributed by atoms with Crippen molar-refractivity contribution in [2.75, 3.05) is 5.32 Å². The predicted octanol–water partition coefficient (Wildman–Crippen LogP) is 3.82. The Morgan fingerprint density at radius 2 is 1.74 bits per heavy atom. The van der Waals surface area contributed by atoms with Crippen LogP contribution in [-0.2, 0) is 0 Å². The van der Waals surface area contributed by atoms with Crippen molar-refractivity contribution >= 4 is 28.6 Å². The van der Waals surface area contributed by atoms with Crippen molar-refractivity contribution in [3.8, 4) is 0 Å². The van der Waals surface area contributed by atoms with Crippen LogP contribution in [0.5, 0.6) is 0 Å². The average molecular weight is 274 g/mol. The maximum absolute atomic E-state index is 13.8. The zero-order valence-electron chi connectivity index (χ0n) is 10.8. The van der Waals surface area contributed by atoms with Gasteiger partial charge in [-0.15, -0.1) is 0 Å². The SMILES string of the molecule is Cc1cccc(Nc2cccc(F)c2C(N)=S)c1C. The smallest absolute Gasteiger partial charge is 0.135 e. The number of thiocarbonyl (C=S) groups is 1. The zero-order valence-corrected chi connectivity index (χ0v) is 11.6. The van der Waals surface area contributed by atoms with Crippen molar-refractivity contribution in [3.63, 3.8) is 0 Å². The fourth-order valence-electron chi connectivity index (χ4n) is 1.91. The summed E-state index contributed by atoms with van der Waals surface area (Å²) in [6.07, 6.45) is 0. The van der Waals surface area contributed by atoms with E-state index < -0.39 is 5.82 Å². The van der Waals surface area contributed by atoms with Crippen LogP contribution in [0.4, 0.5) is 15.8 Å². The molecule has 0 bridgehead atoms. The molecule has 0 aromatic heterocycles. The molecule has 98 valence electrons. The molecule has 0 aliphatic rings. The van der Waals surface area contributed by atoms with Gasteiger partial charge in [-0.05, 0) is 43.2 Å². The number of nitrogens with one attached hydrogen (secondary N) is 1. The van der Waals surface area contributed by atoms with Gasteiger partial charge >= 0.3 is 0 Å². The summed E-state index contributed by atoms with van der Waals surface area (Å²) >= 11 is 4.91. The molecule has 0 unspecified atom stereocenters. The van der Waals surface area contributed by atoms with Crippen LogP contribution in [0.15, 0.2) is 36.4 Å². The Bertz CT molecular complexity index is 638. The number of rotatable bonds is 3. The molecule has 4 heteroatoms. The molecule has 19 heavy (non-hydrogen) atoms. The Morgan fingerprint density at radius 3 is 2.42 bits per heavy atom. The molecule has 3 N–H and O–H groups in total. The standard InChI is InChI=1S/C15H15FN2S/c1-9-5-3-7-12(10(9)2)18-13-8-4-6-11(16)14(13)15(17)19/h3-8,18H,1-2H3,(H2,17,19). The third-order valence-electron chi connectivity index (χ3n) is 3.13. The molecule has 0 radical (unpaired) electrons. The quantitative estimate of drug-likeness (QED) is 0.836. The summed E-state index contributed by atoms with van der Waals surface area (Å²) in [6.45, 7) is 4.04. The highest BCUT2D eigenvalue weighted by Gasteiger charge is 2.12. The normalized spacial score (nSPS) is 10.3. The lowest BCUT2D eigenvalue weighted by Gasteiger charge is -2.14. The van der Waals surface area contributed by atoms with Gasteiger partial charge in [0.05, 0.1) is 11.3 Å². The van der Waals surface area contributed by atoms with Crippen LogP contribution in [0.25, 0.3) is 0 Å². The monoisotopic (exact) mass is 274 g/mol. The van der Waals surface area contributed by atoms with E-state index in [2.05, 4.69) is 5.32 Å². The number of anilines is 2. The fraction of sp³-hybridized carbons (Fsp3) is 0.133. The Morgan fingerprint density at radius 1 is 1.11 bits per heavy atom. The van der Waals surface area contributed by atoms with Gasteiger partial charge < -0.3 is 11.1 Å². The minimum Gasteiger partial charge on any atom is -0.389 e. The first kappa shape index (κ1) is 13.5. The van der Waals surface area contributed by atoms with Crippen molar-refractivity contribution in [2.24, 2.45) is 5.73 Å². The number of benzene rings is 2. The van der Waals surface area contributed by atoms with E-state index in [0.29, 0.717) is 5.69 Å². The van der Waals surface area contributed by atoms with Gasteiger partial charge in [0.2, 0.25) is 0 Å². The van der Waals surface area contributed by atoms with Crippen molar-refractivity contribution in [1.29, 1.82) is 0 Å². The molecular weight excluding hydrogens is 259 g/mol. The molecule has 0 spiro atoms. The van der Waals surface area contributed by atoms with Crippen molar-refractivity contribution in [2.45, 2.75) is 13.8 Å². The van der Waals surface area contributed by atoms with Crippen molar-refractivity contribution in [1.82, 2.24) is 0 Å². The first-order chi connectivity index (χ1) is 9.00. The number of hydrogen-bond donors (Lipinski definition) is 2. The fourth-order valence-corrected chi connectivity index (χ4v) is 2.12. The molecule has 2 aromatic rings. The largest absolute Gasteiger partial charge is 0.389 e. The highest BCUT2D eigenvalue weighted by molar-refractivity contribution is 7.80. The molecule has 0 atom stereocenters. The summed E-state index contributed by atoms with van der Waals surface area (Å²) in [6, 6.07) is 10.7. The highest BCUT2D eigenvalue weighted by atomic mass is 32.1. The molecule has 0 heterocycles.